The molecule has 0 unspecified atom stereocenters. The van der Waals surface area contributed by atoms with E-state index >= 15 is 0 Å². The van der Waals surface area contributed by atoms with Crippen LogP contribution in [-0.2, 0) is 19.4 Å². The summed E-state index contributed by atoms with van der Waals surface area (Å²) in [4.78, 5) is 32.3. The molecule has 1 aliphatic carbocycles. The van der Waals surface area contributed by atoms with Crippen LogP contribution in [0.3, 0.4) is 0 Å². The predicted molar refractivity (Wildman–Crippen MR) is 111 cm³/mol. The van der Waals surface area contributed by atoms with Crippen LogP contribution < -0.4 is 5.56 Å². The minimum Gasteiger partial charge on any atom is -0.504 e. The highest BCUT2D eigenvalue weighted by Crippen LogP contribution is 2.35. The first kappa shape index (κ1) is 19.0. The van der Waals surface area contributed by atoms with E-state index in [9.17, 15) is 19.8 Å². The van der Waals surface area contributed by atoms with Crippen molar-refractivity contribution in [3.63, 3.8) is 0 Å². The van der Waals surface area contributed by atoms with Crippen molar-refractivity contribution in [3.8, 4) is 11.5 Å². The molecule has 4 rings (SSSR count). The van der Waals surface area contributed by atoms with E-state index in [0.717, 1.165) is 41.5 Å². The van der Waals surface area contributed by atoms with E-state index in [0.29, 0.717) is 17.3 Å². The van der Waals surface area contributed by atoms with Gasteiger partial charge in [-0.1, -0.05) is 11.8 Å². The number of aryl methyl sites for hydroxylation is 2. The van der Waals surface area contributed by atoms with Gasteiger partial charge in [0.15, 0.2) is 22.4 Å². The lowest BCUT2D eigenvalue weighted by Crippen LogP contribution is -2.23. The molecule has 0 aliphatic heterocycles. The SMILES string of the molecule is CCn1c(SCC(=O)c2ccc(O)c(O)c2)nc2sc3c(c2c1=O)CCCC3. The largest absolute Gasteiger partial charge is 0.504 e. The monoisotopic (exact) mass is 416 g/mol. The number of aromatic nitrogens is 2. The third-order valence-corrected chi connectivity index (χ3v) is 7.15. The molecule has 2 heterocycles. The van der Waals surface area contributed by atoms with Crippen molar-refractivity contribution in [3.05, 3.63) is 44.6 Å². The maximum Gasteiger partial charge on any atom is 0.263 e. The van der Waals surface area contributed by atoms with Crippen LogP contribution in [0.25, 0.3) is 10.2 Å². The molecule has 1 aliphatic rings. The summed E-state index contributed by atoms with van der Waals surface area (Å²) in [6.45, 7) is 2.39. The van der Waals surface area contributed by atoms with Crippen molar-refractivity contribution in [2.45, 2.75) is 44.3 Å². The van der Waals surface area contributed by atoms with Gasteiger partial charge in [0, 0.05) is 17.0 Å². The van der Waals surface area contributed by atoms with Crippen molar-refractivity contribution in [1.82, 2.24) is 9.55 Å². The van der Waals surface area contributed by atoms with Crippen molar-refractivity contribution in [2.24, 2.45) is 0 Å². The van der Waals surface area contributed by atoms with Crippen LogP contribution in [0.1, 0.15) is 40.6 Å². The molecule has 6 nitrogen and oxygen atoms in total. The molecule has 0 bridgehead atoms. The fourth-order valence-electron chi connectivity index (χ4n) is 3.52. The molecule has 0 amide bonds. The summed E-state index contributed by atoms with van der Waals surface area (Å²) in [5.41, 5.74) is 1.45. The standard InChI is InChI=1S/C20H20N2O4S2/c1-2-22-19(26)17-12-5-3-4-6-16(12)28-18(17)21-20(22)27-10-15(25)11-7-8-13(23)14(24)9-11/h7-9,23-24H,2-6,10H2,1H3. The number of carbonyl (C=O) groups excluding carboxylic acids is 1. The second-order valence-electron chi connectivity index (χ2n) is 6.75. The second-order valence-corrected chi connectivity index (χ2v) is 8.78. The fourth-order valence-corrected chi connectivity index (χ4v) is 5.78. The lowest BCUT2D eigenvalue weighted by Gasteiger charge is -2.12. The molecule has 0 saturated heterocycles. The molecule has 2 N–H and O–H groups in total. The third-order valence-electron chi connectivity index (χ3n) is 4.99. The molecule has 0 spiro atoms. The van der Waals surface area contributed by atoms with Gasteiger partial charge in [-0.05, 0) is 56.4 Å². The Kier molecular flexibility index (Phi) is 5.16. The second kappa shape index (κ2) is 7.60. The number of phenolic OH excluding ortho intramolecular Hbond substituents is 2. The van der Waals surface area contributed by atoms with E-state index in [-0.39, 0.29) is 28.6 Å². The number of nitrogens with zero attached hydrogens (tertiary/aromatic N) is 2. The van der Waals surface area contributed by atoms with Gasteiger partial charge in [0.05, 0.1) is 11.1 Å². The quantitative estimate of drug-likeness (QED) is 0.285. The molecule has 0 saturated carbocycles. The van der Waals surface area contributed by atoms with E-state index in [4.69, 9.17) is 4.98 Å². The fraction of sp³-hybridized carbons (Fsp3) is 0.350. The number of Topliss-reactive ketones (excluding diaryl/α,β-unsaturated/α-hetero) is 1. The number of fused-ring (bicyclic) bond motifs is 3. The maximum absolute atomic E-state index is 13.1. The molecule has 3 aromatic rings. The third kappa shape index (κ3) is 3.31. The number of thiophene rings is 1. The number of ketones is 1. The van der Waals surface area contributed by atoms with Crippen LogP contribution in [0.5, 0.6) is 11.5 Å². The number of hydrogen-bond acceptors (Lipinski definition) is 7. The molecule has 0 radical (unpaired) electrons. The number of phenols is 2. The zero-order valence-electron chi connectivity index (χ0n) is 15.4. The molecular weight excluding hydrogens is 396 g/mol. The lowest BCUT2D eigenvalue weighted by molar-refractivity contribution is 0.102. The first-order valence-corrected chi connectivity index (χ1v) is 11.0. The minimum absolute atomic E-state index is 0.0240. The van der Waals surface area contributed by atoms with Crippen LogP contribution >= 0.6 is 23.1 Å². The number of thioether (sulfide) groups is 1. The van der Waals surface area contributed by atoms with E-state index < -0.39 is 0 Å². The van der Waals surface area contributed by atoms with Gasteiger partial charge in [0.25, 0.3) is 5.56 Å². The highest BCUT2D eigenvalue weighted by atomic mass is 32.2. The first-order valence-electron chi connectivity index (χ1n) is 9.22. The van der Waals surface area contributed by atoms with Crippen LogP contribution in [0.4, 0.5) is 0 Å². The van der Waals surface area contributed by atoms with Gasteiger partial charge >= 0.3 is 0 Å². The van der Waals surface area contributed by atoms with Crippen molar-refractivity contribution >= 4 is 39.1 Å². The van der Waals surface area contributed by atoms with Crippen molar-refractivity contribution in [1.29, 1.82) is 0 Å². The normalized spacial score (nSPS) is 13.6. The summed E-state index contributed by atoms with van der Waals surface area (Å²) >= 11 is 2.82. The molecular formula is C20H20N2O4S2. The van der Waals surface area contributed by atoms with E-state index in [2.05, 4.69) is 0 Å². The first-order chi connectivity index (χ1) is 13.5. The number of benzene rings is 1. The van der Waals surface area contributed by atoms with Gasteiger partial charge in [-0.2, -0.15) is 0 Å². The Balaban J connectivity index is 1.65. The van der Waals surface area contributed by atoms with Crippen LogP contribution in [0, 0.1) is 0 Å². The van der Waals surface area contributed by atoms with Crippen LogP contribution in [0.2, 0.25) is 0 Å². The van der Waals surface area contributed by atoms with Crippen LogP contribution in [0.15, 0.2) is 28.2 Å². The van der Waals surface area contributed by atoms with E-state index in [1.807, 2.05) is 6.92 Å². The van der Waals surface area contributed by atoms with Gasteiger partial charge in [0.2, 0.25) is 0 Å². The average molecular weight is 417 g/mol. The summed E-state index contributed by atoms with van der Waals surface area (Å²) in [6.07, 6.45) is 4.20. The molecule has 0 atom stereocenters. The van der Waals surface area contributed by atoms with Crippen molar-refractivity contribution < 1.29 is 15.0 Å². The Morgan fingerprint density at radius 1 is 1.25 bits per heavy atom. The molecule has 1 aromatic carbocycles. The van der Waals surface area contributed by atoms with Gasteiger partial charge < -0.3 is 10.2 Å². The summed E-state index contributed by atoms with van der Waals surface area (Å²) < 4.78 is 1.64. The zero-order chi connectivity index (χ0) is 19.8. The van der Waals surface area contributed by atoms with Gasteiger partial charge in [-0.3, -0.25) is 14.2 Å². The molecule has 146 valence electrons. The number of rotatable bonds is 5. The number of hydrogen-bond donors (Lipinski definition) is 2. The molecule has 0 fully saturated rings. The molecule has 2 aromatic heterocycles. The van der Waals surface area contributed by atoms with Crippen LogP contribution in [-0.4, -0.2) is 31.3 Å². The Morgan fingerprint density at radius 3 is 2.79 bits per heavy atom. The Labute approximate surface area is 169 Å². The Hall–Kier alpha value is -2.32. The van der Waals surface area contributed by atoms with Gasteiger partial charge in [0.1, 0.15) is 4.83 Å². The topological polar surface area (TPSA) is 92.4 Å². The molecule has 8 heteroatoms. The smallest absolute Gasteiger partial charge is 0.263 e. The highest BCUT2D eigenvalue weighted by molar-refractivity contribution is 7.99. The van der Waals surface area contributed by atoms with Gasteiger partial charge in [-0.15, -0.1) is 11.3 Å². The molecule has 28 heavy (non-hydrogen) atoms. The highest BCUT2D eigenvalue weighted by Gasteiger charge is 2.22. The number of carbonyl (C=O) groups is 1. The Morgan fingerprint density at radius 2 is 2.04 bits per heavy atom. The zero-order valence-corrected chi connectivity index (χ0v) is 17.0. The van der Waals surface area contributed by atoms with Crippen molar-refractivity contribution in [2.75, 3.05) is 5.75 Å². The van der Waals surface area contributed by atoms with Gasteiger partial charge in [-0.25, -0.2) is 4.98 Å². The average Bonchev–Trinajstić information content (AvgIpc) is 3.06. The summed E-state index contributed by atoms with van der Waals surface area (Å²) in [6, 6.07) is 4.00. The lowest BCUT2D eigenvalue weighted by atomic mass is 9.97. The summed E-state index contributed by atoms with van der Waals surface area (Å²) in [7, 11) is 0. The Bertz CT molecular complexity index is 1130. The minimum atomic E-state index is -0.329. The summed E-state index contributed by atoms with van der Waals surface area (Å²) in [5.74, 6) is -0.710. The van der Waals surface area contributed by atoms with E-state index in [1.54, 1.807) is 15.9 Å². The maximum atomic E-state index is 13.1. The summed E-state index contributed by atoms with van der Waals surface area (Å²) in [5, 5.41) is 20.3. The number of aromatic hydroxyl groups is 2. The predicted octanol–water partition coefficient (Wildman–Crippen LogP) is 3.74. The van der Waals surface area contributed by atoms with E-state index in [1.165, 1.54) is 34.8 Å².